The molecule has 0 aromatic heterocycles. The van der Waals surface area contributed by atoms with Crippen molar-refractivity contribution < 1.29 is 14.3 Å². The number of likely N-dealkylation sites (N-methyl/N-ethyl adjacent to an activating group) is 2. The molecule has 0 saturated carbocycles. The summed E-state index contributed by atoms with van der Waals surface area (Å²) in [5.74, 6) is -0.526. The predicted molar refractivity (Wildman–Crippen MR) is 52.5 cm³/mol. The van der Waals surface area contributed by atoms with E-state index in [9.17, 15) is 9.59 Å². The van der Waals surface area contributed by atoms with Gasteiger partial charge in [-0.25, -0.2) is 4.79 Å². The normalized spacial score (nSPS) is 9.93. The number of nitrogens with one attached hydrogen (secondary N) is 1. The van der Waals surface area contributed by atoms with E-state index in [4.69, 9.17) is 0 Å². The Morgan fingerprint density at radius 1 is 1.50 bits per heavy atom. The Labute approximate surface area is 83.7 Å². The second kappa shape index (κ2) is 6.94. The molecule has 0 radical (unpaired) electrons. The maximum absolute atomic E-state index is 11.0. The van der Waals surface area contributed by atoms with Gasteiger partial charge in [0.1, 0.15) is 0 Å². The van der Waals surface area contributed by atoms with Gasteiger partial charge in [-0.1, -0.05) is 0 Å². The highest BCUT2D eigenvalue weighted by molar-refractivity contribution is 5.82. The summed E-state index contributed by atoms with van der Waals surface area (Å²) < 4.78 is 4.42. The highest BCUT2D eigenvalue weighted by Gasteiger charge is 2.03. The number of amides is 1. The molecular formula is C9H16N2O3. The van der Waals surface area contributed by atoms with Crippen LogP contribution in [0.3, 0.4) is 0 Å². The van der Waals surface area contributed by atoms with Crippen LogP contribution in [0, 0.1) is 0 Å². The smallest absolute Gasteiger partial charge is 0.331 e. The lowest BCUT2D eigenvalue weighted by molar-refractivity contribution is -0.135. The molecule has 1 amide bonds. The maximum Gasteiger partial charge on any atom is 0.331 e. The molecule has 0 rings (SSSR count). The average Bonchev–Trinajstić information content (AvgIpc) is 2.22. The third-order valence-corrected chi connectivity index (χ3v) is 1.65. The molecule has 0 fully saturated rings. The zero-order chi connectivity index (χ0) is 11.0. The topological polar surface area (TPSA) is 58.6 Å². The van der Waals surface area contributed by atoms with E-state index >= 15 is 0 Å². The van der Waals surface area contributed by atoms with Crippen molar-refractivity contribution in [3.8, 4) is 0 Å². The number of carbonyl (C=O) groups excluding carboxylic acids is 2. The van der Waals surface area contributed by atoms with Crippen LogP contribution in [0.25, 0.3) is 0 Å². The van der Waals surface area contributed by atoms with Gasteiger partial charge in [0.25, 0.3) is 0 Å². The number of methoxy groups -OCH3 is 1. The van der Waals surface area contributed by atoms with Crippen LogP contribution in [-0.4, -0.2) is 44.0 Å². The summed E-state index contributed by atoms with van der Waals surface area (Å²) in [5, 5.41) is 2.50. The van der Waals surface area contributed by atoms with Gasteiger partial charge in [0.2, 0.25) is 5.91 Å². The number of nitrogens with zero attached hydrogens (tertiary/aromatic N) is 1. The zero-order valence-corrected chi connectivity index (χ0v) is 8.74. The predicted octanol–water partition coefficient (Wildman–Crippen LogP) is -0.259. The number of rotatable bonds is 5. The van der Waals surface area contributed by atoms with E-state index in [1.165, 1.54) is 13.2 Å². The summed E-state index contributed by atoms with van der Waals surface area (Å²) >= 11 is 0. The minimum atomic E-state index is -0.430. The zero-order valence-electron chi connectivity index (χ0n) is 8.74. The highest BCUT2D eigenvalue weighted by Crippen LogP contribution is 1.90. The molecule has 0 aromatic rings. The number of hydrogen-bond donors (Lipinski definition) is 1. The number of hydrogen-bond acceptors (Lipinski definition) is 4. The van der Waals surface area contributed by atoms with Crippen LogP contribution in [0.15, 0.2) is 12.3 Å². The minimum absolute atomic E-state index is 0.0960. The monoisotopic (exact) mass is 200 g/mol. The third-order valence-electron chi connectivity index (χ3n) is 1.65. The van der Waals surface area contributed by atoms with Crippen molar-refractivity contribution in [3.05, 3.63) is 12.3 Å². The molecule has 0 unspecified atom stereocenters. The average molecular weight is 200 g/mol. The molecule has 0 spiro atoms. The fourth-order valence-corrected chi connectivity index (χ4v) is 0.768. The van der Waals surface area contributed by atoms with E-state index in [1.807, 2.05) is 6.92 Å². The Hall–Kier alpha value is -1.52. The Kier molecular flexibility index (Phi) is 6.19. The Morgan fingerprint density at radius 2 is 2.14 bits per heavy atom. The summed E-state index contributed by atoms with van der Waals surface area (Å²) in [6.45, 7) is 2.78. The molecule has 0 heterocycles. The Bertz CT molecular complexity index is 226. The number of ether oxygens (including phenoxy) is 1. The van der Waals surface area contributed by atoms with Gasteiger partial charge in [0.15, 0.2) is 0 Å². The van der Waals surface area contributed by atoms with Crippen molar-refractivity contribution in [3.63, 3.8) is 0 Å². The number of carbonyl (C=O) groups is 2. The van der Waals surface area contributed by atoms with Gasteiger partial charge in [-0.3, -0.25) is 4.79 Å². The standard InChI is InChI=1S/C9H16N2O3/c1-4-11(7-8(12)10-2)6-5-9(13)14-3/h5-6H,4,7H2,1-3H3,(H,10,12). The lowest BCUT2D eigenvalue weighted by Gasteiger charge is -2.16. The van der Waals surface area contributed by atoms with Crippen molar-refractivity contribution in [2.24, 2.45) is 0 Å². The molecule has 80 valence electrons. The van der Waals surface area contributed by atoms with Crippen LogP contribution < -0.4 is 5.32 Å². The molecule has 0 aliphatic rings. The fraction of sp³-hybridized carbons (Fsp3) is 0.556. The molecule has 5 nitrogen and oxygen atoms in total. The molecule has 0 aromatic carbocycles. The molecule has 5 heteroatoms. The van der Waals surface area contributed by atoms with Crippen molar-refractivity contribution in [2.45, 2.75) is 6.92 Å². The van der Waals surface area contributed by atoms with E-state index in [0.717, 1.165) is 0 Å². The fourth-order valence-electron chi connectivity index (χ4n) is 0.768. The van der Waals surface area contributed by atoms with Crippen LogP contribution in [0.5, 0.6) is 0 Å². The lowest BCUT2D eigenvalue weighted by atomic mass is 10.4. The van der Waals surface area contributed by atoms with Crippen LogP contribution in [-0.2, 0) is 14.3 Å². The Morgan fingerprint density at radius 3 is 2.57 bits per heavy atom. The van der Waals surface area contributed by atoms with Crippen molar-refractivity contribution >= 4 is 11.9 Å². The van der Waals surface area contributed by atoms with Crippen LogP contribution in [0.4, 0.5) is 0 Å². The third kappa shape index (κ3) is 5.18. The molecule has 0 saturated heterocycles. The summed E-state index contributed by atoms with van der Waals surface area (Å²) in [5.41, 5.74) is 0. The summed E-state index contributed by atoms with van der Waals surface area (Å²) in [6.07, 6.45) is 2.83. The Balaban J connectivity index is 4.08. The van der Waals surface area contributed by atoms with Crippen molar-refractivity contribution in [1.29, 1.82) is 0 Å². The second-order valence-corrected chi connectivity index (χ2v) is 2.58. The maximum atomic E-state index is 11.0. The first kappa shape index (κ1) is 12.5. The summed E-state index contributed by atoms with van der Waals surface area (Å²) in [4.78, 5) is 23.4. The van der Waals surface area contributed by atoms with Gasteiger partial charge in [-0.15, -0.1) is 0 Å². The second-order valence-electron chi connectivity index (χ2n) is 2.58. The van der Waals surface area contributed by atoms with Gasteiger partial charge < -0.3 is 15.0 Å². The first-order valence-corrected chi connectivity index (χ1v) is 4.34. The van der Waals surface area contributed by atoms with E-state index in [-0.39, 0.29) is 12.5 Å². The molecule has 0 bridgehead atoms. The minimum Gasteiger partial charge on any atom is -0.466 e. The van der Waals surface area contributed by atoms with Gasteiger partial charge in [-0.05, 0) is 6.92 Å². The van der Waals surface area contributed by atoms with Crippen LogP contribution in [0.2, 0.25) is 0 Å². The van der Waals surface area contributed by atoms with E-state index in [2.05, 4.69) is 10.1 Å². The molecule has 0 aliphatic carbocycles. The van der Waals surface area contributed by atoms with Gasteiger partial charge in [0.05, 0.1) is 13.7 Å². The van der Waals surface area contributed by atoms with Gasteiger partial charge in [-0.2, -0.15) is 0 Å². The first-order valence-electron chi connectivity index (χ1n) is 4.34. The SMILES string of the molecule is CCN(C=CC(=O)OC)CC(=O)NC. The summed E-state index contributed by atoms with van der Waals surface area (Å²) in [7, 11) is 2.88. The highest BCUT2D eigenvalue weighted by atomic mass is 16.5. The van der Waals surface area contributed by atoms with Crippen LogP contribution >= 0.6 is 0 Å². The molecule has 14 heavy (non-hydrogen) atoms. The van der Waals surface area contributed by atoms with E-state index in [1.54, 1.807) is 18.1 Å². The van der Waals surface area contributed by atoms with Crippen molar-refractivity contribution in [2.75, 3.05) is 27.2 Å². The van der Waals surface area contributed by atoms with Gasteiger partial charge >= 0.3 is 5.97 Å². The first-order chi connectivity index (χ1) is 6.63. The van der Waals surface area contributed by atoms with Crippen LogP contribution in [0.1, 0.15) is 6.92 Å². The molecular weight excluding hydrogens is 184 g/mol. The number of esters is 1. The summed E-state index contributed by atoms with van der Waals surface area (Å²) in [6, 6.07) is 0. The van der Waals surface area contributed by atoms with E-state index in [0.29, 0.717) is 6.54 Å². The van der Waals surface area contributed by atoms with Crippen molar-refractivity contribution in [1.82, 2.24) is 10.2 Å². The lowest BCUT2D eigenvalue weighted by Crippen LogP contribution is -2.32. The molecule has 0 atom stereocenters. The quantitative estimate of drug-likeness (QED) is 0.490. The van der Waals surface area contributed by atoms with E-state index < -0.39 is 5.97 Å². The van der Waals surface area contributed by atoms with Gasteiger partial charge in [0, 0.05) is 25.9 Å². The molecule has 1 N–H and O–H groups in total. The largest absolute Gasteiger partial charge is 0.466 e. The molecule has 0 aliphatic heterocycles.